The van der Waals surface area contributed by atoms with Crippen LogP contribution in [0.2, 0.25) is 0 Å². The Labute approximate surface area is 105 Å². The SMILES string of the molecule is CC(C)C1CN(c2ccc(F)c(F)c2F)CCN1. The maximum absolute atomic E-state index is 13.7. The lowest BCUT2D eigenvalue weighted by atomic mass is 10.0. The summed E-state index contributed by atoms with van der Waals surface area (Å²) in [6.45, 7) is 6.04. The van der Waals surface area contributed by atoms with Gasteiger partial charge in [0.2, 0.25) is 0 Å². The summed E-state index contributed by atoms with van der Waals surface area (Å²) in [7, 11) is 0. The lowest BCUT2D eigenvalue weighted by Crippen LogP contribution is -2.53. The largest absolute Gasteiger partial charge is 0.366 e. The number of nitrogens with one attached hydrogen (secondary N) is 1. The molecule has 0 bridgehead atoms. The Morgan fingerprint density at radius 3 is 2.61 bits per heavy atom. The molecule has 1 unspecified atom stereocenters. The first-order chi connectivity index (χ1) is 8.50. The molecule has 0 radical (unpaired) electrons. The van der Waals surface area contributed by atoms with Gasteiger partial charge in [0.05, 0.1) is 5.69 Å². The number of benzene rings is 1. The molecule has 5 heteroatoms. The highest BCUT2D eigenvalue weighted by Crippen LogP contribution is 2.25. The van der Waals surface area contributed by atoms with Crippen LogP contribution in [0.15, 0.2) is 12.1 Å². The van der Waals surface area contributed by atoms with Crippen LogP contribution in [-0.2, 0) is 0 Å². The maximum Gasteiger partial charge on any atom is 0.196 e. The molecular formula is C13H17F3N2. The maximum atomic E-state index is 13.7. The summed E-state index contributed by atoms with van der Waals surface area (Å²) in [6.07, 6.45) is 0. The van der Waals surface area contributed by atoms with Gasteiger partial charge in [0, 0.05) is 25.7 Å². The van der Waals surface area contributed by atoms with E-state index < -0.39 is 17.5 Å². The number of rotatable bonds is 2. The Morgan fingerprint density at radius 1 is 1.22 bits per heavy atom. The average molecular weight is 258 g/mol. The van der Waals surface area contributed by atoms with Gasteiger partial charge in [-0.2, -0.15) is 0 Å². The van der Waals surface area contributed by atoms with E-state index in [9.17, 15) is 13.2 Å². The highest BCUT2D eigenvalue weighted by molar-refractivity contribution is 5.49. The first-order valence-corrected chi connectivity index (χ1v) is 6.12. The fraction of sp³-hybridized carbons (Fsp3) is 0.538. The number of hydrogen-bond donors (Lipinski definition) is 1. The average Bonchev–Trinajstić information content (AvgIpc) is 2.36. The first kappa shape index (κ1) is 13.2. The van der Waals surface area contributed by atoms with E-state index in [4.69, 9.17) is 0 Å². The van der Waals surface area contributed by atoms with Crippen molar-refractivity contribution in [1.29, 1.82) is 0 Å². The molecule has 0 spiro atoms. The molecule has 18 heavy (non-hydrogen) atoms. The molecule has 1 aliphatic heterocycles. The highest BCUT2D eigenvalue weighted by atomic mass is 19.2. The van der Waals surface area contributed by atoms with Gasteiger partial charge in [-0.3, -0.25) is 0 Å². The van der Waals surface area contributed by atoms with E-state index in [1.165, 1.54) is 6.07 Å². The third-order valence-corrected chi connectivity index (χ3v) is 3.37. The first-order valence-electron chi connectivity index (χ1n) is 6.12. The monoisotopic (exact) mass is 258 g/mol. The summed E-state index contributed by atoms with van der Waals surface area (Å²) in [5.74, 6) is -3.24. The van der Waals surface area contributed by atoms with Crippen LogP contribution in [0.3, 0.4) is 0 Å². The van der Waals surface area contributed by atoms with E-state index in [1.54, 1.807) is 4.90 Å². The normalized spacial score (nSPS) is 20.6. The summed E-state index contributed by atoms with van der Waals surface area (Å²) in [5, 5.41) is 3.33. The van der Waals surface area contributed by atoms with Crippen molar-refractivity contribution in [2.75, 3.05) is 24.5 Å². The second-order valence-electron chi connectivity index (χ2n) is 4.95. The number of halogens is 3. The van der Waals surface area contributed by atoms with E-state index in [1.807, 2.05) is 0 Å². The van der Waals surface area contributed by atoms with E-state index in [2.05, 4.69) is 19.2 Å². The van der Waals surface area contributed by atoms with Crippen molar-refractivity contribution in [3.05, 3.63) is 29.6 Å². The molecule has 1 aliphatic rings. The molecule has 1 saturated heterocycles. The lowest BCUT2D eigenvalue weighted by Gasteiger charge is -2.37. The molecule has 1 atom stereocenters. The van der Waals surface area contributed by atoms with Crippen molar-refractivity contribution < 1.29 is 13.2 Å². The van der Waals surface area contributed by atoms with Gasteiger partial charge in [-0.25, -0.2) is 13.2 Å². The van der Waals surface area contributed by atoms with Crippen molar-refractivity contribution in [1.82, 2.24) is 5.32 Å². The molecule has 1 fully saturated rings. The number of hydrogen-bond acceptors (Lipinski definition) is 2. The van der Waals surface area contributed by atoms with Crippen LogP contribution >= 0.6 is 0 Å². The van der Waals surface area contributed by atoms with Gasteiger partial charge in [-0.05, 0) is 18.1 Å². The molecule has 0 aromatic heterocycles. The summed E-state index contributed by atoms with van der Waals surface area (Å²) >= 11 is 0. The summed E-state index contributed by atoms with van der Waals surface area (Å²) in [5.41, 5.74) is 0.140. The number of nitrogens with zero attached hydrogens (tertiary/aromatic N) is 1. The predicted molar refractivity (Wildman–Crippen MR) is 65.2 cm³/mol. The topological polar surface area (TPSA) is 15.3 Å². The Hall–Kier alpha value is -1.23. The van der Waals surface area contributed by atoms with Gasteiger partial charge in [0.1, 0.15) is 0 Å². The minimum Gasteiger partial charge on any atom is -0.366 e. The smallest absolute Gasteiger partial charge is 0.196 e. The van der Waals surface area contributed by atoms with Crippen LogP contribution in [0.5, 0.6) is 0 Å². The predicted octanol–water partition coefficient (Wildman–Crippen LogP) is 2.54. The van der Waals surface area contributed by atoms with E-state index in [0.717, 1.165) is 6.07 Å². The number of piperazine rings is 1. The summed E-state index contributed by atoms with van der Waals surface area (Å²) in [4.78, 5) is 1.76. The molecule has 0 saturated carbocycles. The second kappa shape index (κ2) is 5.18. The molecule has 1 aromatic rings. The van der Waals surface area contributed by atoms with E-state index in [0.29, 0.717) is 25.6 Å². The van der Waals surface area contributed by atoms with E-state index in [-0.39, 0.29) is 11.7 Å². The van der Waals surface area contributed by atoms with Crippen LogP contribution in [-0.4, -0.2) is 25.7 Å². The Balaban J connectivity index is 2.24. The molecule has 1 aromatic carbocycles. The fourth-order valence-electron chi connectivity index (χ4n) is 2.20. The molecule has 2 nitrogen and oxygen atoms in total. The Bertz CT molecular complexity index is 434. The molecule has 1 N–H and O–H groups in total. The second-order valence-corrected chi connectivity index (χ2v) is 4.95. The van der Waals surface area contributed by atoms with Gasteiger partial charge in [-0.15, -0.1) is 0 Å². The zero-order valence-electron chi connectivity index (χ0n) is 10.5. The van der Waals surface area contributed by atoms with Gasteiger partial charge < -0.3 is 10.2 Å². The van der Waals surface area contributed by atoms with Crippen LogP contribution in [0, 0.1) is 23.4 Å². The van der Waals surface area contributed by atoms with Crippen molar-refractivity contribution in [3.8, 4) is 0 Å². The lowest BCUT2D eigenvalue weighted by molar-refractivity contribution is 0.364. The molecule has 100 valence electrons. The summed E-state index contributed by atoms with van der Waals surface area (Å²) < 4.78 is 39.8. The third-order valence-electron chi connectivity index (χ3n) is 3.37. The molecule has 2 rings (SSSR count). The zero-order valence-corrected chi connectivity index (χ0v) is 10.5. The quantitative estimate of drug-likeness (QED) is 0.820. The van der Waals surface area contributed by atoms with Gasteiger partial charge in [-0.1, -0.05) is 13.8 Å². The number of anilines is 1. The van der Waals surface area contributed by atoms with Crippen LogP contribution < -0.4 is 10.2 Å². The summed E-state index contributed by atoms with van der Waals surface area (Å²) in [6, 6.07) is 2.50. The zero-order chi connectivity index (χ0) is 13.3. The fourth-order valence-corrected chi connectivity index (χ4v) is 2.20. The van der Waals surface area contributed by atoms with Crippen LogP contribution in [0.4, 0.5) is 18.9 Å². The van der Waals surface area contributed by atoms with Crippen molar-refractivity contribution in [2.45, 2.75) is 19.9 Å². The van der Waals surface area contributed by atoms with Crippen LogP contribution in [0.1, 0.15) is 13.8 Å². The van der Waals surface area contributed by atoms with Crippen LogP contribution in [0.25, 0.3) is 0 Å². The van der Waals surface area contributed by atoms with Crippen molar-refractivity contribution >= 4 is 5.69 Å². The highest BCUT2D eigenvalue weighted by Gasteiger charge is 2.25. The van der Waals surface area contributed by atoms with Gasteiger partial charge >= 0.3 is 0 Å². The van der Waals surface area contributed by atoms with Gasteiger partial charge in [0.25, 0.3) is 0 Å². The van der Waals surface area contributed by atoms with Crippen molar-refractivity contribution in [2.24, 2.45) is 5.92 Å². The third kappa shape index (κ3) is 2.46. The van der Waals surface area contributed by atoms with E-state index >= 15 is 0 Å². The Morgan fingerprint density at radius 2 is 1.94 bits per heavy atom. The van der Waals surface area contributed by atoms with Gasteiger partial charge in [0.15, 0.2) is 17.5 Å². The minimum atomic E-state index is -1.40. The standard InChI is InChI=1S/C13H17F3N2/c1-8(2)10-7-18(6-5-17-10)11-4-3-9(14)12(15)13(11)16/h3-4,8,10,17H,5-7H2,1-2H3. The van der Waals surface area contributed by atoms with Crippen molar-refractivity contribution in [3.63, 3.8) is 0 Å². The molecule has 0 aliphatic carbocycles. The molecular weight excluding hydrogens is 241 g/mol. The molecule has 0 amide bonds. The Kier molecular flexibility index (Phi) is 3.80. The molecule has 1 heterocycles. The minimum absolute atomic E-state index is 0.140.